The van der Waals surface area contributed by atoms with Crippen LogP contribution >= 0.6 is 0 Å². The molecule has 3 atom stereocenters. The molecule has 2 nitrogen and oxygen atoms in total. The molecule has 0 amide bonds. The third kappa shape index (κ3) is 2.29. The maximum Gasteiger partial charge on any atom is 0.0556 e. The van der Waals surface area contributed by atoms with E-state index in [1.807, 2.05) is 0 Å². The average molecular weight is 197 g/mol. The van der Waals surface area contributed by atoms with Crippen LogP contribution in [0.4, 0.5) is 0 Å². The van der Waals surface area contributed by atoms with Gasteiger partial charge in [0.15, 0.2) is 0 Å². The molecule has 0 bridgehead atoms. The van der Waals surface area contributed by atoms with Crippen LogP contribution in [0.1, 0.15) is 44.9 Å². The van der Waals surface area contributed by atoms with Gasteiger partial charge in [-0.15, -0.1) is 0 Å². The van der Waals surface area contributed by atoms with E-state index in [4.69, 9.17) is 5.11 Å². The highest BCUT2D eigenvalue weighted by atomic mass is 16.3. The van der Waals surface area contributed by atoms with Crippen molar-refractivity contribution in [2.75, 3.05) is 13.2 Å². The number of aliphatic hydroxyl groups excluding tert-OH is 1. The standard InChI is InChI=1S/C12H23NO/c14-9-8-13-12-7-3-5-10-4-1-2-6-11(10)12/h10-14H,1-9H2. The second-order valence-electron chi connectivity index (χ2n) is 4.92. The van der Waals surface area contributed by atoms with Gasteiger partial charge in [0, 0.05) is 12.6 Å². The van der Waals surface area contributed by atoms with Gasteiger partial charge in [-0.3, -0.25) is 0 Å². The predicted molar refractivity (Wildman–Crippen MR) is 58.2 cm³/mol. The molecule has 14 heavy (non-hydrogen) atoms. The Morgan fingerprint density at radius 3 is 2.64 bits per heavy atom. The zero-order valence-electron chi connectivity index (χ0n) is 9.04. The van der Waals surface area contributed by atoms with Gasteiger partial charge >= 0.3 is 0 Å². The number of nitrogens with one attached hydrogen (secondary N) is 1. The van der Waals surface area contributed by atoms with Crippen LogP contribution in [0.2, 0.25) is 0 Å². The summed E-state index contributed by atoms with van der Waals surface area (Å²) in [5, 5.41) is 12.4. The first kappa shape index (κ1) is 10.4. The van der Waals surface area contributed by atoms with Crippen molar-refractivity contribution in [1.29, 1.82) is 0 Å². The highest BCUT2D eigenvalue weighted by Crippen LogP contribution is 2.40. The van der Waals surface area contributed by atoms with Crippen LogP contribution in [0.15, 0.2) is 0 Å². The Kier molecular flexibility index (Phi) is 3.82. The van der Waals surface area contributed by atoms with E-state index in [0.717, 1.165) is 18.4 Å². The summed E-state index contributed by atoms with van der Waals surface area (Å²) in [5.41, 5.74) is 0. The van der Waals surface area contributed by atoms with Crippen molar-refractivity contribution in [3.8, 4) is 0 Å². The first-order chi connectivity index (χ1) is 6.92. The summed E-state index contributed by atoms with van der Waals surface area (Å²) in [6.45, 7) is 1.07. The highest BCUT2D eigenvalue weighted by Gasteiger charge is 2.34. The van der Waals surface area contributed by atoms with E-state index in [2.05, 4.69) is 5.32 Å². The molecule has 0 aromatic rings. The fourth-order valence-electron chi connectivity index (χ4n) is 3.44. The summed E-state index contributed by atoms with van der Waals surface area (Å²) in [7, 11) is 0. The molecule has 0 aromatic carbocycles. The van der Waals surface area contributed by atoms with Crippen molar-refractivity contribution in [3.63, 3.8) is 0 Å². The Morgan fingerprint density at radius 1 is 1.00 bits per heavy atom. The Bertz CT molecular complexity index is 170. The lowest BCUT2D eigenvalue weighted by Crippen LogP contribution is -2.44. The molecule has 0 heterocycles. The summed E-state index contributed by atoms with van der Waals surface area (Å²) in [6, 6.07) is 0.709. The molecule has 2 N–H and O–H groups in total. The second kappa shape index (κ2) is 5.13. The lowest BCUT2D eigenvalue weighted by atomic mass is 9.68. The summed E-state index contributed by atoms with van der Waals surface area (Å²) >= 11 is 0. The molecule has 0 aliphatic heterocycles. The van der Waals surface area contributed by atoms with Crippen LogP contribution in [0.3, 0.4) is 0 Å². The third-order valence-electron chi connectivity index (χ3n) is 4.09. The molecule has 2 aliphatic rings. The van der Waals surface area contributed by atoms with E-state index < -0.39 is 0 Å². The number of fused-ring (bicyclic) bond motifs is 1. The van der Waals surface area contributed by atoms with Gasteiger partial charge < -0.3 is 10.4 Å². The zero-order valence-corrected chi connectivity index (χ0v) is 9.04. The van der Waals surface area contributed by atoms with Gasteiger partial charge in [0.2, 0.25) is 0 Å². The average Bonchev–Trinajstić information content (AvgIpc) is 2.26. The summed E-state index contributed by atoms with van der Waals surface area (Å²) in [4.78, 5) is 0. The molecule has 0 radical (unpaired) electrons. The normalized spacial score (nSPS) is 37.9. The minimum atomic E-state index is 0.286. The van der Waals surface area contributed by atoms with Gasteiger partial charge in [-0.05, 0) is 24.7 Å². The fraction of sp³-hybridized carbons (Fsp3) is 1.00. The molecule has 82 valence electrons. The van der Waals surface area contributed by atoms with E-state index in [1.54, 1.807) is 0 Å². The van der Waals surface area contributed by atoms with Gasteiger partial charge in [0.25, 0.3) is 0 Å². The molecule has 0 saturated heterocycles. The summed E-state index contributed by atoms with van der Waals surface area (Å²) in [6.07, 6.45) is 9.95. The molecule has 2 aliphatic carbocycles. The molecule has 0 aromatic heterocycles. The zero-order chi connectivity index (χ0) is 9.80. The fourth-order valence-corrected chi connectivity index (χ4v) is 3.44. The van der Waals surface area contributed by atoms with Gasteiger partial charge in [-0.1, -0.05) is 32.1 Å². The highest BCUT2D eigenvalue weighted by molar-refractivity contribution is 4.88. The van der Waals surface area contributed by atoms with Crippen molar-refractivity contribution in [2.24, 2.45) is 11.8 Å². The monoisotopic (exact) mass is 197 g/mol. The topological polar surface area (TPSA) is 32.3 Å². The van der Waals surface area contributed by atoms with Crippen molar-refractivity contribution in [1.82, 2.24) is 5.32 Å². The minimum absolute atomic E-state index is 0.286. The van der Waals surface area contributed by atoms with Crippen molar-refractivity contribution in [3.05, 3.63) is 0 Å². The van der Waals surface area contributed by atoms with Crippen LogP contribution in [0, 0.1) is 11.8 Å². The molecule has 2 rings (SSSR count). The lowest BCUT2D eigenvalue weighted by molar-refractivity contribution is 0.122. The maximum atomic E-state index is 8.83. The van der Waals surface area contributed by atoms with Crippen LogP contribution in [0.25, 0.3) is 0 Å². The van der Waals surface area contributed by atoms with Crippen molar-refractivity contribution in [2.45, 2.75) is 51.0 Å². The third-order valence-corrected chi connectivity index (χ3v) is 4.09. The van der Waals surface area contributed by atoms with Crippen LogP contribution in [-0.4, -0.2) is 24.3 Å². The van der Waals surface area contributed by atoms with Gasteiger partial charge in [-0.25, -0.2) is 0 Å². The number of aliphatic hydroxyl groups is 1. The van der Waals surface area contributed by atoms with E-state index in [0.29, 0.717) is 6.04 Å². The maximum absolute atomic E-state index is 8.83. The Morgan fingerprint density at radius 2 is 1.79 bits per heavy atom. The van der Waals surface area contributed by atoms with Gasteiger partial charge in [0.1, 0.15) is 0 Å². The van der Waals surface area contributed by atoms with Crippen molar-refractivity contribution < 1.29 is 5.11 Å². The van der Waals surface area contributed by atoms with E-state index in [9.17, 15) is 0 Å². The SMILES string of the molecule is OCCNC1CCCC2CCCCC21. The van der Waals surface area contributed by atoms with Gasteiger partial charge in [-0.2, -0.15) is 0 Å². The molecule has 2 heteroatoms. The lowest BCUT2D eigenvalue weighted by Gasteiger charge is -2.41. The summed E-state index contributed by atoms with van der Waals surface area (Å²) < 4.78 is 0. The second-order valence-corrected chi connectivity index (χ2v) is 4.92. The smallest absolute Gasteiger partial charge is 0.0556 e. The Balaban J connectivity index is 1.88. The first-order valence-corrected chi connectivity index (χ1v) is 6.26. The molecule has 3 unspecified atom stereocenters. The molecule has 2 fully saturated rings. The number of rotatable bonds is 3. The van der Waals surface area contributed by atoms with E-state index >= 15 is 0 Å². The molecular weight excluding hydrogens is 174 g/mol. The molecular formula is C12H23NO. The summed E-state index contributed by atoms with van der Waals surface area (Å²) in [5.74, 6) is 1.91. The minimum Gasteiger partial charge on any atom is -0.395 e. The largest absolute Gasteiger partial charge is 0.395 e. The Hall–Kier alpha value is -0.0800. The first-order valence-electron chi connectivity index (χ1n) is 6.26. The molecule has 2 saturated carbocycles. The van der Waals surface area contributed by atoms with Crippen molar-refractivity contribution >= 4 is 0 Å². The Labute approximate surface area is 87.1 Å². The molecule has 0 spiro atoms. The predicted octanol–water partition coefficient (Wildman–Crippen LogP) is 1.93. The van der Waals surface area contributed by atoms with Crippen LogP contribution in [0.5, 0.6) is 0 Å². The quantitative estimate of drug-likeness (QED) is 0.724. The van der Waals surface area contributed by atoms with E-state index in [1.165, 1.54) is 44.9 Å². The van der Waals surface area contributed by atoms with Crippen LogP contribution in [-0.2, 0) is 0 Å². The van der Waals surface area contributed by atoms with E-state index in [-0.39, 0.29) is 6.61 Å². The number of hydrogen-bond donors (Lipinski definition) is 2. The van der Waals surface area contributed by atoms with Crippen LogP contribution < -0.4 is 5.32 Å². The number of hydrogen-bond acceptors (Lipinski definition) is 2. The van der Waals surface area contributed by atoms with Gasteiger partial charge in [0.05, 0.1) is 6.61 Å².